The van der Waals surface area contributed by atoms with Gasteiger partial charge in [0.1, 0.15) is 0 Å². The van der Waals surface area contributed by atoms with Crippen molar-refractivity contribution < 1.29 is 0 Å². The first-order valence-electron chi connectivity index (χ1n) is 4.60. The van der Waals surface area contributed by atoms with Crippen LogP contribution in [0.4, 0.5) is 0 Å². The SMILES string of the molecule is CCC(C)C(NC)c1csc(I)c1. The van der Waals surface area contributed by atoms with Crippen LogP contribution in [0.25, 0.3) is 0 Å². The second-order valence-corrected chi connectivity index (χ2v) is 6.14. The zero-order valence-corrected chi connectivity index (χ0v) is 11.3. The Morgan fingerprint density at radius 3 is 2.69 bits per heavy atom. The zero-order valence-electron chi connectivity index (χ0n) is 8.30. The third-order valence-electron chi connectivity index (χ3n) is 2.47. The van der Waals surface area contributed by atoms with Gasteiger partial charge in [-0.1, -0.05) is 20.3 Å². The van der Waals surface area contributed by atoms with Crippen molar-refractivity contribution in [2.45, 2.75) is 26.3 Å². The Morgan fingerprint density at radius 2 is 2.31 bits per heavy atom. The van der Waals surface area contributed by atoms with Crippen molar-refractivity contribution in [2.24, 2.45) is 5.92 Å². The van der Waals surface area contributed by atoms with E-state index in [4.69, 9.17) is 0 Å². The summed E-state index contributed by atoms with van der Waals surface area (Å²) in [4.78, 5) is 0. The maximum Gasteiger partial charge on any atom is 0.0656 e. The maximum atomic E-state index is 3.39. The average Bonchev–Trinajstić information content (AvgIpc) is 2.53. The van der Waals surface area contributed by atoms with E-state index in [1.54, 1.807) is 0 Å². The van der Waals surface area contributed by atoms with Gasteiger partial charge in [0.15, 0.2) is 0 Å². The number of nitrogens with one attached hydrogen (secondary N) is 1. The van der Waals surface area contributed by atoms with Gasteiger partial charge in [0.25, 0.3) is 0 Å². The summed E-state index contributed by atoms with van der Waals surface area (Å²) in [7, 11) is 2.04. The van der Waals surface area contributed by atoms with Crippen LogP contribution in [-0.4, -0.2) is 7.05 Å². The monoisotopic (exact) mass is 309 g/mol. The molecule has 0 saturated carbocycles. The van der Waals surface area contributed by atoms with Crippen molar-refractivity contribution in [3.05, 3.63) is 19.9 Å². The predicted molar refractivity (Wildman–Crippen MR) is 68.3 cm³/mol. The molecule has 1 heterocycles. The van der Waals surface area contributed by atoms with Gasteiger partial charge in [-0.2, -0.15) is 0 Å². The summed E-state index contributed by atoms with van der Waals surface area (Å²) in [6, 6.07) is 2.79. The van der Waals surface area contributed by atoms with Crippen LogP contribution in [0, 0.1) is 8.80 Å². The van der Waals surface area contributed by atoms with Crippen molar-refractivity contribution in [1.29, 1.82) is 0 Å². The minimum absolute atomic E-state index is 0.518. The quantitative estimate of drug-likeness (QED) is 0.837. The van der Waals surface area contributed by atoms with E-state index < -0.39 is 0 Å². The van der Waals surface area contributed by atoms with Crippen LogP contribution in [0.1, 0.15) is 31.9 Å². The van der Waals surface area contributed by atoms with Crippen LogP contribution >= 0.6 is 33.9 Å². The molecule has 1 rings (SSSR count). The Hall–Kier alpha value is 0.390. The lowest BCUT2D eigenvalue weighted by molar-refractivity contribution is 0.401. The standard InChI is InChI=1S/C10H16INS/c1-4-7(2)10(12-3)8-5-9(11)13-6-8/h5-7,10,12H,4H2,1-3H3. The highest BCUT2D eigenvalue weighted by Crippen LogP contribution is 2.28. The van der Waals surface area contributed by atoms with Gasteiger partial charge in [0.05, 0.1) is 2.88 Å². The Bertz CT molecular complexity index is 259. The molecule has 0 spiro atoms. The van der Waals surface area contributed by atoms with Crippen LogP contribution in [-0.2, 0) is 0 Å². The van der Waals surface area contributed by atoms with Crippen molar-refractivity contribution in [1.82, 2.24) is 5.32 Å². The van der Waals surface area contributed by atoms with Crippen molar-refractivity contribution >= 4 is 33.9 Å². The molecular weight excluding hydrogens is 293 g/mol. The second kappa shape index (κ2) is 5.32. The summed E-state index contributed by atoms with van der Waals surface area (Å²) in [6.07, 6.45) is 1.22. The van der Waals surface area contributed by atoms with E-state index in [1.807, 2.05) is 18.4 Å². The molecule has 13 heavy (non-hydrogen) atoms. The fraction of sp³-hybridized carbons (Fsp3) is 0.600. The third-order valence-corrected chi connectivity index (χ3v) is 4.28. The summed E-state index contributed by atoms with van der Waals surface area (Å²) in [5, 5.41) is 5.64. The lowest BCUT2D eigenvalue weighted by Crippen LogP contribution is -2.22. The normalized spacial score (nSPS) is 15.7. The van der Waals surface area contributed by atoms with Crippen LogP contribution < -0.4 is 5.32 Å². The fourth-order valence-electron chi connectivity index (χ4n) is 1.50. The first-order valence-corrected chi connectivity index (χ1v) is 6.56. The number of hydrogen-bond acceptors (Lipinski definition) is 2. The molecule has 2 atom stereocenters. The molecule has 74 valence electrons. The molecular formula is C10H16INS. The summed E-state index contributed by atoms with van der Waals surface area (Å²) >= 11 is 4.20. The van der Waals surface area contributed by atoms with Gasteiger partial charge in [-0.05, 0) is 52.6 Å². The number of hydrogen-bond donors (Lipinski definition) is 1. The smallest absolute Gasteiger partial charge is 0.0656 e. The number of thiophene rings is 1. The van der Waals surface area contributed by atoms with E-state index in [2.05, 4.69) is 53.2 Å². The molecule has 0 aliphatic rings. The first kappa shape index (κ1) is 11.5. The summed E-state index contributed by atoms with van der Waals surface area (Å²) in [5.41, 5.74) is 1.44. The van der Waals surface area contributed by atoms with Crippen LogP contribution in [0.15, 0.2) is 11.4 Å². The maximum absolute atomic E-state index is 3.39. The molecule has 1 nitrogen and oxygen atoms in total. The Morgan fingerprint density at radius 1 is 1.62 bits per heavy atom. The second-order valence-electron chi connectivity index (χ2n) is 3.34. The van der Waals surface area contributed by atoms with Crippen molar-refractivity contribution in [3.63, 3.8) is 0 Å². The molecule has 0 aromatic carbocycles. The van der Waals surface area contributed by atoms with E-state index >= 15 is 0 Å². The van der Waals surface area contributed by atoms with Gasteiger partial charge in [0.2, 0.25) is 0 Å². The highest BCUT2D eigenvalue weighted by Gasteiger charge is 2.16. The molecule has 3 heteroatoms. The molecule has 0 radical (unpaired) electrons. The predicted octanol–water partition coefficient (Wildman–Crippen LogP) is 3.66. The van der Waals surface area contributed by atoms with Gasteiger partial charge >= 0.3 is 0 Å². The molecule has 0 saturated heterocycles. The summed E-state index contributed by atoms with van der Waals surface area (Å²) in [5.74, 6) is 0.704. The highest BCUT2D eigenvalue weighted by atomic mass is 127. The van der Waals surface area contributed by atoms with Crippen LogP contribution in [0.3, 0.4) is 0 Å². The van der Waals surface area contributed by atoms with Gasteiger partial charge in [-0.25, -0.2) is 0 Å². The Kier molecular flexibility index (Phi) is 4.69. The summed E-state index contributed by atoms with van der Waals surface area (Å²) < 4.78 is 1.37. The minimum atomic E-state index is 0.518. The number of halogens is 1. The third kappa shape index (κ3) is 2.92. The zero-order chi connectivity index (χ0) is 9.84. The molecule has 0 bridgehead atoms. The molecule has 0 aliphatic carbocycles. The van der Waals surface area contributed by atoms with E-state index in [0.717, 1.165) is 0 Å². The van der Waals surface area contributed by atoms with Crippen LogP contribution in [0.5, 0.6) is 0 Å². The molecule has 1 aromatic rings. The molecule has 1 aromatic heterocycles. The van der Waals surface area contributed by atoms with E-state index in [-0.39, 0.29) is 0 Å². The fourth-order valence-corrected chi connectivity index (χ4v) is 2.91. The molecule has 2 unspecified atom stereocenters. The Labute approximate surface area is 98.1 Å². The summed E-state index contributed by atoms with van der Waals surface area (Å²) in [6.45, 7) is 4.54. The van der Waals surface area contributed by atoms with Gasteiger partial charge < -0.3 is 5.32 Å². The first-order chi connectivity index (χ1) is 6.19. The molecule has 1 N–H and O–H groups in total. The van der Waals surface area contributed by atoms with Gasteiger partial charge in [-0.15, -0.1) is 11.3 Å². The van der Waals surface area contributed by atoms with Crippen LogP contribution in [0.2, 0.25) is 0 Å². The van der Waals surface area contributed by atoms with Crippen molar-refractivity contribution in [3.8, 4) is 0 Å². The highest BCUT2D eigenvalue weighted by molar-refractivity contribution is 14.1. The molecule has 0 amide bonds. The average molecular weight is 309 g/mol. The topological polar surface area (TPSA) is 12.0 Å². The largest absolute Gasteiger partial charge is 0.313 e. The Balaban J connectivity index is 2.77. The van der Waals surface area contributed by atoms with Crippen molar-refractivity contribution in [2.75, 3.05) is 7.05 Å². The molecule has 0 fully saturated rings. The van der Waals surface area contributed by atoms with Gasteiger partial charge in [-0.3, -0.25) is 0 Å². The lowest BCUT2D eigenvalue weighted by Gasteiger charge is -2.21. The van der Waals surface area contributed by atoms with Gasteiger partial charge in [0, 0.05) is 6.04 Å². The van der Waals surface area contributed by atoms with E-state index in [1.165, 1.54) is 14.9 Å². The van der Waals surface area contributed by atoms with E-state index in [0.29, 0.717) is 12.0 Å². The van der Waals surface area contributed by atoms with E-state index in [9.17, 15) is 0 Å². The molecule has 0 aliphatic heterocycles. The minimum Gasteiger partial charge on any atom is -0.313 e. The number of rotatable bonds is 4. The lowest BCUT2D eigenvalue weighted by atomic mass is 9.95.